The van der Waals surface area contributed by atoms with Crippen LogP contribution in [-0.4, -0.2) is 42.9 Å². The zero-order chi connectivity index (χ0) is 12.5. The van der Waals surface area contributed by atoms with Crippen molar-refractivity contribution in [2.24, 2.45) is 11.3 Å². The molecule has 2 rings (SSSR count). The van der Waals surface area contributed by atoms with Crippen molar-refractivity contribution < 1.29 is 14.3 Å². The summed E-state index contributed by atoms with van der Waals surface area (Å²) in [6.45, 7) is 6.40. The molecule has 0 unspecified atom stereocenters. The normalized spacial score (nSPS) is 26.0. The third-order valence-electron chi connectivity index (χ3n) is 3.83. The van der Waals surface area contributed by atoms with Crippen LogP contribution in [0.25, 0.3) is 0 Å². The van der Waals surface area contributed by atoms with Crippen LogP contribution in [-0.2, 0) is 14.3 Å². The molecule has 2 heterocycles. The highest BCUT2D eigenvalue weighted by Gasteiger charge is 2.38. The molecule has 17 heavy (non-hydrogen) atoms. The highest BCUT2D eigenvalue weighted by atomic mass is 16.5. The second kappa shape index (κ2) is 4.77. The van der Waals surface area contributed by atoms with Crippen LogP contribution in [0.3, 0.4) is 0 Å². The average Bonchev–Trinajstić information content (AvgIpc) is 2.33. The predicted octanol–water partition coefficient (Wildman–Crippen LogP) is 1.24. The highest BCUT2D eigenvalue weighted by Crippen LogP contribution is 2.27. The number of amides is 1. The van der Waals surface area contributed by atoms with Gasteiger partial charge in [0.15, 0.2) is 0 Å². The molecule has 0 aliphatic carbocycles. The van der Waals surface area contributed by atoms with E-state index in [4.69, 9.17) is 4.74 Å². The van der Waals surface area contributed by atoms with Crippen molar-refractivity contribution in [3.05, 3.63) is 0 Å². The molecule has 2 aliphatic heterocycles. The Kier molecular flexibility index (Phi) is 3.52. The molecule has 96 valence electrons. The molecule has 4 heteroatoms. The third kappa shape index (κ3) is 2.68. The lowest BCUT2D eigenvalue weighted by molar-refractivity contribution is -0.146. The second-order valence-electron chi connectivity index (χ2n) is 5.70. The molecule has 0 aromatic heterocycles. The average molecular weight is 239 g/mol. The Balaban J connectivity index is 1.98. The number of ether oxygens (including phenoxy) is 1. The quantitative estimate of drug-likeness (QED) is 0.691. The second-order valence-corrected chi connectivity index (χ2v) is 5.70. The van der Waals surface area contributed by atoms with Gasteiger partial charge in [-0.3, -0.25) is 9.59 Å². The maximum absolute atomic E-state index is 12.3. The number of rotatable bonds is 1. The van der Waals surface area contributed by atoms with Gasteiger partial charge in [-0.2, -0.15) is 0 Å². The Morgan fingerprint density at radius 3 is 2.59 bits per heavy atom. The predicted molar refractivity (Wildman–Crippen MR) is 63.5 cm³/mol. The summed E-state index contributed by atoms with van der Waals surface area (Å²) in [6.07, 6.45) is 2.15. The van der Waals surface area contributed by atoms with Gasteiger partial charge in [0.2, 0.25) is 5.91 Å². The van der Waals surface area contributed by atoms with Gasteiger partial charge < -0.3 is 9.64 Å². The van der Waals surface area contributed by atoms with E-state index in [-0.39, 0.29) is 23.0 Å². The molecule has 1 amide bonds. The van der Waals surface area contributed by atoms with E-state index in [0.717, 1.165) is 12.8 Å². The van der Waals surface area contributed by atoms with Gasteiger partial charge >= 0.3 is 0 Å². The van der Waals surface area contributed by atoms with Gasteiger partial charge in [-0.1, -0.05) is 13.8 Å². The van der Waals surface area contributed by atoms with Gasteiger partial charge in [-0.15, -0.1) is 0 Å². The van der Waals surface area contributed by atoms with E-state index in [1.54, 1.807) is 0 Å². The Labute approximate surface area is 102 Å². The Hall–Kier alpha value is -0.900. The van der Waals surface area contributed by atoms with Gasteiger partial charge in [0.05, 0.1) is 0 Å². The molecule has 0 aromatic carbocycles. The summed E-state index contributed by atoms with van der Waals surface area (Å²) >= 11 is 0. The molecule has 2 aliphatic rings. The molecule has 0 radical (unpaired) electrons. The zero-order valence-electron chi connectivity index (χ0n) is 10.7. The summed E-state index contributed by atoms with van der Waals surface area (Å²) in [5.74, 6) is 0.593. The molecular weight excluding hydrogens is 218 g/mol. The van der Waals surface area contributed by atoms with Crippen molar-refractivity contribution in [2.75, 3.05) is 26.3 Å². The fourth-order valence-electron chi connectivity index (χ4n) is 2.61. The van der Waals surface area contributed by atoms with Crippen LogP contribution < -0.4 is 0 Å². The maximum Gasteiger partial charge on any atom is 0.225 e. The number of carbonyl (C=O) groups excluding carboxylic acids is 2. The van der Waals surface area contributed by atoms with Gasteiger partial charge in [0.1, 0.15) is 5.78 Å². The Morgan fingerprint density at radius 1 is 1.35 bits per heavy atom. The lowest BCUT2D eigenvalue weighted by atomic mass is 9.82. The standard InChI is InChI=1S/C13H21NO3/c1-13(2)9-14(6-3-11(13)15)12(16)10-4-7-17-8-5-10/h10H,3-9H2,1-2H3. The summed E-state index contributed by atoms with van der Waals surface area (Å²) in [4.78, 5) is 25.9. The SMILES string of the molecule is CC1(C)CN(C(=O)C2CCOCC2)CCC1=O. The van der Waals surface area contributed by atoms with E-state index in [9.17, 15) is 9.59 Å². The highest BCUT2D eigenvalue weighted by molar-refractivity contribution is 5.88. The van der Waals surface area contributed by atoms with Crippen LogP contribution >= 0.6 is 0 Å². The first kappa shape index (κ1) is 12.6. The topological polar surface area (TPSA) is 46.6 Å². The van der Waals surface area contributed by atoms with Crippen LogP contribution in [0, 0.1) is 11.3 Å². The number of hydrogen-bond acceptors (Lipinski definition) is 3. The first-order valence-corrected chi connectivity index (χ1v) is 6.40. The monoisotopic (exact) mass is 239 g/mol. The zero-order valence-corrected chi connectivity index (χ0v) is 10.7. The van der Waals surface area contributed by atoms with Gasteiger partial charge in [0, 0.05) is 44.1 Å². The lowest BCUT2D eigenvalue weighted by Crippen LogP contribution is -2.50. The number of nitrogens with zero attached hydrogens (tertiary/aromatic N) is 1. The Bertz CT molecular complexity index is 319. The van der Waals surface area contributed by atoms with E-state index in [2.05, 4.69) is 0 Å². The fraction of sp³-hybridized carbons (Fsp3) is 0.846. The minimum Gasteiger partial charge on any atom is -0.381 e. The van der Waals surface area contributed by atoms with Crippen molar-refractivity contribution >= 4 is 11.7 Å². The minimum absolute atomic E-state index is 0.104. The van der Waals surface area contributed by atoms with Crippen molar-refractivity contribution in [3.8, 4) is 0 Å². The molecule has 2 fully saturated rings. The number of ketones is 1. The molecule has 0 N–H and O–H groups in total. The Morgan fingerprint density at radius 2 is 2.00 bits per heavy atom. The molecular formula is C13H21NO3. The summed E-state index contributed by atoms with van der Waals surface area (Å²) in [5.41, 5.74) is -0.376. The van der Waals surface area contributed by atoms with Crippen molar-refractivity contribution in [1.29, 1.82) is 0 Å². The van der Waals surface area contributed by atoms with Crippen molar-refractivity contribution in [2.45, 2.75) is 33.1 Å². The summed E-state index contributed by atoms with van der Waals surface area (Å²) in [6, 6.07) is 0. The largest absolute Gasteiger partial charge is 0.381 e. The van der Waals surface area contributed by atoms with Crippen LogP contribution in [0.2, 0.25) is 0 Å². The molecule has 0 bridgehead atoms. The van der Waals surface area contributed by atoms with E-state index in [1.807, 2.05) is 18.7 Å². The van der Waals surface area contributed by atoms with E-state index >= 15 is 0 Å². The van der Waals surface area contributed by atoms with Crippen LogP contribution in [0.15, 0.2) is 0 Å². The molecule has 0 saturated carbocycles. The fourth-order valence-corrected chi connectivity index (χ4v) is 2.61. The number of piperidine rings is 1. The first-order valence-electron chi connectivity index (χ1n) is 6.40. The van der Waals surface area contributed by atoms with Crippen molar-refractivity contribution in [3.63, 3.8) is 0 Å². The summed E-state index contributed by atoms with van der Waals surface area (Å²) in [7, 11) is 0. The van der Waals surface area contributed by atoms with Crippen LogP contribution in [0.4, 0.5) is 0 Å². The maximum atomic E-state index is 12.3. The van der Waals surface area contributed by atoms with Gasteiger partial charge in [-0.25, -0.2) is 0 Å². The molecule has 0 aromatic rings. The van der Waals surface area contributed by atoms with E-state index in [1.165, 1.54) is 0 Å². The number of Topliss-reactive ketones (excluding diaryl/α,β-unsaturated/α-hetero) is 1. The smallest absolute Gasteiger partial charge is 0.225 e. The molecule has 4 nitrogen and oxygen atoms in total. The number of likely N-dealkylation sites (tertiary alicyclic amines) is 1. The summed E-state index contributed by atoms with van der Waals surface area (Å²) in [5, 5.41) is 0. The summed E-state index contributed by atoms with van der Waals surface area (Å²) < 4.78 is 5.27. The minimum atomic E-state index is -0.376. The molecule has 0 spiro atoms. The van der Waals surface area contributed by atoms with Crippen LogP contribution in [0.1, 0.15) is 33.1 Å². The number of carbonyl (C=O) groups is 2. The van der Waals surface area contributed by atoms with E-state index in [0.29, 0.717) is 32.7 Å². The third-order valence-corrected chi connectivity index (χ3v) is 3.83. The van der Waals surface area contributed by atoms with Crippen molar-refractivity contribution in [1.82, 2.24) is 4.90 Å². The van der Waals surface area contributed by atoms with Gasteiger partial charge in [0.25, 0.3) is 0 Å². The molecule has 0 atom stereocenters. The van der Waals surface area contributed by atoms with E-state index < -0.39 is 0 Å². The number of hydrogen-bond donors (Lipinski definition) is 0. The molecule has 2 saturated heterocycles. The first-order chi connectivity index (χ1) is 8.00. The van der Waals surface area contributed by atoms with Gasteiger partial charge in [-0.05, 0) is 12.8 Å². The lowest BCUT2D eigenvalue weighted by Gasteiger charge is -2.39. The van der Waals surface area contributed by atoms with Crippen LogP contribution in [0.5, 0.6) is 0 Å².